The molecule has 0 saturated carbocycles. The van der Waals surface area contributed by atoms with Crippen molar-refractivity contribution in [2.45, 2.75) is 19.8 Å². The SMILES string of the molecule is CC1=CCCC=C1[N+](=O)[O-]. The summed E-state index contributed by atoms with van der Waals surface area (Å²) < 4.78 is 0. The summed E-state index contributed by atoms with van der Waals surface area (Å²) in [5, 5.41) is 10.3. The first kappa shape index (κ1) is 6.99. The highest BCUT2D eigenvalue weighted by atomic mass is 16.6. The molecule has 0 aromatic carbocycles. The monoisotopic (exact) mass is 139 g/mol. The largest absolute Gasteiger partial charge is 0.268 e. The van der Waals surface area contributed by atoms with Crippen LogP contribution < -0.4 is 0 Å². The zero-order valence-corrected chi connectivity index (χ0v) is 5.83. The molecular weight excluding hydrogens is 130 g/mol. The molecule has 3 heteroatoms. The van der Waals surface area contributed by atoms with Gasteiger partial charge in [-0.1, -0.05) is 6.08 Å². The minimum Gasteiger partial charge on any atom is -0.258 e. The maximum absolute atomic E-state index is 10.3. The second-order valence-electron chi connectivity index (χ2n) is 2.31. The van der Waals surface area contributed by atoms with Crippen LogP contribution in [0.15, 0.2) is 23.4 Å². The Balaban J connectivity index is 2.84. The summed E-state index contributed by atoms with van der Waals surface area (Å²) in [7, 11) is 0. The molecule has 1 aliphatic carbocycles. The third kappa shape index (κ3) is 1.23. The van der Waals surface area contributed by atoms with Gasteiger partial charge in [0.25, 0.3) is 5.70 Å². The molecule has 0 aromatic heterocycles. The Morgan fingerprint density at radius 3 is 2.50 bits per heavy atom. The summed E-state index contributed by atoms with van der Waals surface area (Å²) in [6.45, 7) is 1.77. The molecule has 0 aromatic rings. The van der Waals surface area contributed by atoms with Crippen LogP contribution in [0.5, 0.6) is 0 Å². The van der Waals surface area contributed by atoms with E-state index in [0.717, 1.165) is 18.4 Å². The highest BCUT2D eigenvalue weighted by Gasteiger charge is 2.14. The fourth-order valence-electron chi connectivity index (χ4n) is 1.00. The zero-order chi connectivity index (χ0) is 7.56. The maximum Gasteiger partial charge on any atom is 0.268 e. The summed E-state index contributed by atoms with van der Waals surface area (Å²) in [5.41, 5.74) is 1.06. The van der Waals surface area contributed by atoms with Gasteiger partial charge in [-0.15, -0.1) is 0 Å². The van der Waals surface area contributed by atoms with Gasteiger partial charge in [0.1, 0.15) is 0 Å². The molecule has 10 heavy (non-hydrogen) atoms. The maximum atomic E-state index is 10.3. The van der Waals surface area contributed by atoms with Crippen LogP contribution in [-0.2, 0) is 0 Å². The van der Waals surface area contributed by atoms with Crippen LogP contribution in [0.2, 0.25) is 0 Å². The predicted octanol–water partition coefficient (Wildman–Crippen LogP) is 1.89. The summed E-state index contributed by atoms with van der Waals surface area (Å²) in [6, 6.07) is 0. The Bertz CT molecular complexity index is 216. The normalized spacial score (nSPS) is 17.7. The molecule has 0 aliphatic heterocycles. The van der Waals surface area contributed by atoms with E-state index >= 15 is 0 Å². The van der Waals surface area contributed by atoms with Crippen LogP contribution in [0, 0.1) is 10.1 Å². The molecule has 3 nitrogen and oxygen atoms in total. The smallest absolute Gasteiger partial charge is 0.258 e. The molecule has 1 aliphatic rings. The molecule has 0 bridgehead atoms. The standard InChI is InChI=1S/C7H9NO2/c1-6-4-2-3-5-7(6)8(9)10/h4-5H,2-3H2,1H3. The number of hydrogen-bond acceptors (Lipinski definition) is 2. The van der Waals surface area contributed by atoms with Crippen molar-refractivity contribution in [2.75, 3.05) is 0 Å². The number of rotatable bonds is 1. The van der Waals surface area contributed by atoms with Gasteiger partial charge in [0.05, 0.1) is 4.92 Å². The molecule has 0 amide bonds. The van der Waals surface area contributed by atoms with Crippen LogP contribution in [0.3, 0.4) is 0 Å². The van der Waals surface area contributed by atoms with Crippen molar-refractivity contribution in [3.05, 3.63) is 33.5 Å². The van der Waals surface area contributed by atoms with Crippen molar-refractivity contribution in [1.29, 1.82) is 0 Å². The van der Waals surface area contributed by atoms with Crippen molar-refractivity contribution >= 4 is 0 Å². The highest BCUT2D eigenvalue weighted by Crippen LogP contribution is 2.17. The van der Waals surface area contributed by atoms with E-state index < -0.39 is 0 Å². The van der Waals surface area contributed by atoms with E-state index in [2.05, 4.69) is 0 Å². The Hall–Kier alpha value is -1.12. The lowest BCUT2D eigenvalue weighted by Gasteiger charge is -2.02. The van der Waals surface area contributed by atoms with Gasteiger partial charge in [0.2, 0.25) is 0 Å². The van der Waals surface area contributed by atoms with Crippen LogP contribution >= 0.6 is 0 Å². The van der Waals surface area contributed by atoms with E-state index in [1.54, 1.807) is 13.0 Å². The molecular formula is C7H9NO2. The van der Waals surface area contributed by atoms with Gasteiger partial charge in [-0.3, -0.25) is 10.1 Å². The first-order chi connectivity index (χ1) is 4.72. The van der Waals surface area contributed by atoms with E-state index in [4.69, 9.17) is 0 Å². The quantitative estimate of drug-likeness (QED) is 0.411. The molecule has 0 atom stereocenters. The first-order valence-corrected chi connectivity index (χ1v) is 3.23. The lowest BCUT2D eigenvalue weighted by atomic mass is 10.1. The predicted molar refractivity (Wildman–Crippen MR) is 38.1 cm³/mol. The van der Waals surface area contributed by atoms with E-state index in [0.29, 0.717) is 0 Å². The summed E-state index contributed by atoms with van der Waals surface area (Å²) >= 11 is 0. The average molecular weight is 139 g/mol. The van der Waals surface area contributed by atoms with Crippen molar-refractivity contribution in [1.82, 2.24) is 0 Å². The first-order valence-electron chi connectivity index (χ1n) is 3.23. The van der Waals surface area contributed by atoms with Crippen LogP contribution in [0.25, 0.3) is 0 Å². The van der Waals surface area contributed by atoms with E-state index in [1.807, 2.05) is 6.08 Å². The molecule has 0 radical (unpaired) electrons. The second kappa shape index (κ2) is 2.64. The molecule has 1 rings (SSSR count). The lowest BCUT2D eigenvalue weighted by Crippen LogP contribution is -2.02. The molecule has 0 fully saturated rings. The fraction of sp³-hybridized carbons (Fsp3) is 0.429. The van der Waals surface area contributed by atoms with Crippen molar-refractivity contribution in [3.63, 3.8) is 0 Å². The van der Waals surface area contributed by atoms with Gasteiger partial charge in [-0.25, -0.2) is 0 Å². The average Bonchev–Trinajstić information content (AvgIpc) is 1.88. The van der Waals surface area contributed by atoms with Gasteiger partial charge in [-0.2, -0.15) is 0 Å². The topological polar surface area (TPSA) is 43.1 Å². The van der Waals surface area contributed by atoms with Crippen LogP contribution in [0.4, 0.5) is 0 Å². The molecule has 0 heterocycles. The number of nitro groups is 1. The van der Waals surface area contributed by atoms with Crippen molar-refractivity contribution < 1.29 is 4.92 Å². The summed E-state index contributed by atoms with van der Waals surface area (Å²) in [5.74, 6) is 0. The molecule has 0 unspecified atom stereocenters. The van der Waals surface area contributed by atoms with Gasteiger partial charge in [0.15, 0.2) is 0 Å². The van der Waals surface area contributed by atoms with Gasteiger partial charge in [-0.05, 0) is 25.8 Å². The lowest BCUT2D eigenvalue weighted by molar-refractivity contribution is -0.421. The minimum absolute atomic E-state index is 0.270. The molecule has 0 spiro atoms. The Kier molecular flexibility index (Phi) is 1.85. The molecule has 54 valence electrons. The van der Waals surface area contributed by atoms with Gasteiger partial charge in [0, 0.05) is 5.57 Å². The van der Waals surface area contributed by atoms with Gasteiger partial charge >= 0.3 is 0 Å². The fourth-order valence-corrected chi connectivity index (χ4v) is 1.00. The van der Waals surface area contributed by atoms with Crippen molar-refractivity contribution in [2.24, 2.45) is 0 Å². The Morgan fingerprint density at radius 2 is 2.10 bits per heavy atom. The Labute approximate surface area is 59.2 Å². The zero-order valence-electron chi connectivity index (χ0n) is 5.83. The molecule has 0 N–H and O–H groups in total. The van der Waals surface area contributed by atoms with E-state index in [-0.39, 0.29) is 10.6 Å². The second-order valence-corrected chi connectivity index (χ2v) is 2.31. The number of allylic oxidation sites excluding steroid dienone is 3. The molecule has 0 saturated heterocycles. The van der Waals surface area contributed by atoms with Crippen LogP contribution in [-0.4, -0.2) is 4.92 Å². The number of hydrogen-bond donors (Lipinski definition) is 0. The minimum atomic E-state index is -0.328. The highest BCUT2D eigenvalue weighted by molar-refractivity contribution is 5.25. The Morgan fingerprint density at radius 1 is 1.50 bits per heavy atom. The van der Waals surface area contributed by atoms with Crippen molar-refractivity contribution in [3.8, 4) is 0 Å². The van der Waals surface area contributed by atoms with E-state index in [1.165, 1.54) is 0 Å². The van der Waals surface area contributed by atoms with Crippen LogP contribution in [0.1, 0.15) is 19.8 Å². The summed E-state index contributed by atoms with van der Waals surface area (Å²) in [6.07, 6.45) is 5.31. The van der Waals surface area contributed by atoms with E-state index in [9.17, 15) is 10.1 Å². The van der Waals surface area contributed by atoms with Gasteiger partial charge < -0.3 is 0 Å². The third-order valence-electron chi connectivity index (χ3n) is 1.56. The third-order valence-corrected chi connectivity index (χ3v) is 1.56. The number of nitrogens with zero attached hydrogens (tertiary/aromatic N) is 1. The summed E-state index contributed by atoms with van der Waals surface area (Å²) in [4.78, 5) is 9.93.